The SMILES string of the molecule is N#C[C@H]1C[C@@H]1c1ccc(Br)c(F)c1. The Morgan fingerprint density at radius 1 is 1.54 bits per heavy atom. The lowest BCUT2D eigenvalue weighted by Crippen LogP contribution is -1.85. The van der Waals surface area contributed by atoms with Crippen LogP contribution >= 0.6 is 15.9 Å². The highest BCUT2D eigenvalue weighted by Gasteiger charge is 2.38. The molecule has 0 saturated heterocycles. The first-order valence-corrected chi connectivity index (χ1v) is 4.86. The van der Waals surface area contributed by atoms with Crippen LogP contribution in [0.25, 0.3) is 0 Å². The van der Waals surface area contributed by atoms with Crippen LogP contribution in [-0.4, -0.2) is 0 Å². The Labute approximate surface area is 84.3 Å². The summed E-state index contributed by atoms with van der Waals surface area (Å²) in [4.78, 5) is 0. The van der Waals surface area contributed by atoms with E-state index in [1.54, 1.807) is 6.07 Å². The van der Waals surface area contributed by atoms with E-state index in [0.717, 1.165) is 12.0 Å². The normalized spacial score (nSPS) is 25.3. The predicted octanol–water partition coefficient (Wildman–Crippen LogP) is 3.22. The van der Waals surface area contributed by atoms with E-state index in [4.69, 9.17) is 5.26 Å². The third-order valence-electron chi connectivity index (χ3n) is 2.33. The average molecular weight is 240 g/mol. The molecule has 0 unspecified atom stereocenters. The zero-order valence-electron chi connectivity index (χ0n) is 6.80. The third-order valence-corrected chi connectivity index (χ3v) is 2.97. The molecule has 1 fully saturated rings. The molecule has 13 heavy (non-hydrogen) atoms. The molecule has 1 saturated carbocycles. The number of nitrogens with zero attached hydrogens (tertiary/aromatic N) is 1. The van der Waals surface area contributed by atoms with E-state index in [0.29, 0.717) is 4.47 Å². The minimum atomic E-state index is -0.249. The molecule has 0 radical (unpaired) electrons. The highest BCUT2D eigenvalue weighted by Crippen LogP contribution is 2.47. The molecule has 0 heterocycles. The largest absolute Gasteiger partial charge is 0.206 e. The first-order chi connectivity index (χ1) is 6.22. The van der Waals surface area contributed by atoms with Gasteiger partial charge in [0.15, 0.2) is 0 Å². The maximum Gasteiger partial charge on any atom is 0.137 e. The second-order valence-corrected chi connectivity index (χ2v) is 4.11. The molecule has 1 aliphatic carbocycles. The molecule has 0 amide bonds. The first-order valence-electron chi connectivity index (χ1n) is 4.07. The van der Waals surface area contributed by atoms with Gasteiger partial charge in [0.05, 0.1) is 16.5 Å². The van der Waals surface area contributed by atoms with Crippen molar-refractivity contribution in [3.8, 4) is 6.07 Å². The molecule has 1 aromatic rings. The number of hydrogen-bond donors (Lipinski definition) is 0. The molecule has 0 aromatic heterocycles. The third kappa shape index (κ3) is 1.59. The van der Waals surface area contributed by atoms with Gasteiger partial charge in [-0.3, -0.25) is 0 Å². The Bertz CT molecular complexity index is 383. The van der Waals surface area contributed by atoms with Gasteiger partial charge in [0.2, 0.25) is 0 Å². The number of rotatable bonds is 1. The molecule has 3 heteroatoms. The van der Waals surface area contributed by atoms with Crippen molar-refractivity contribution in [1.29, 1.82) is 5.26 Å². The van der Waals surface area contributed by atoms with Crippen LogP contribution in [0, 0.1) is 23.1 Å². The summed E-state index contributed by atoms with van der Waals surface area (Å²) in [6.45, 7) is 0. The smallest absolute Gasteiger partial charge is 0.137 e. The number of hydrogen-bond acceptors (Lipinski definition) is 1. The minimum Gasteiger partial charge on any atom is -0.206 e. The van der Waals surface area contributed by atoms with Gasteiger partial charge in [0, 0.05) is 5.92 Å². The van der Waals surface area contributed by atoms with E-state index in [1.165, 1.54) is 6.07 Å². The van der Waals surface area contributed by atoms with E-state index < -0.39 is 0 Å². The van der Waals surface area contributed by atoms with Crippen LogP contribution in [0.2, 0.25) is 0 Å². The van der Waals surface area contributed by atoms with Gasteiger partial charge in [-0.1, -0.05) is 6.07 Å². The molecule has 0 bridgehead atoms. The summed E-state index contributed by atoms with van der Waals surface area (Å²) in [6.07, 6.45) is 0.873. The molecule has 0 aliphatic heterocycles. The van der Waals surface area contributed by atoms with Gasteiger partial charge < -0.3 is 0 Å². The van der Waals surface area contributed by atoms with Crippen molar-refractivity contribution in [2.75, 3.05) is 0 Å². The molecule has 0 N–H and O–H groups in total. The minimum absolute atomic E-state index is 0.0978. The number of halogens is 2. The summed E-state index contributed by atoms with van der Waals surface area (Å²) in [6, 6.07) is 7.26. The lowest BCUT2D eigenvalue weighted by Gasteiger charge is -1.99. The summed E-state index contributed by atoms with van der Waals surface area (Å²) in [5.74, 6) is 0.106. The van der Waals surface area contributed by atoms with Crippen molar-refractivity contribution >= 4 is 15.9 Å². The molecular formula is C10H7BrFN. The average Bonchev–Trinajstić information content (AvgIpc) is 2.88. The van der Waals surface area contributed by atoms with Gasteiger partial charge in [0.25, 0.3) is 0 Å². The molecule has 1 aromatic carbocycles. The Balaban J connectivity index is 2.25. The van der Waals surface area contributed by atoms with Gasteiger partial charge in [-0.25, -0.2) is 4.39 Å². The number of nitriles is 1. The van der Waals surface area contributed by atoms with Gasteiger partial charge >= 0.3 is 0 Å². The Hall–Kier alpha value is -0.880. The van der Waals surface area contributed by atoms with Crippen molar-refractivity contribution in [2.24, 2.45) is 5.92 Å². The van der Waals surface area contributed by atoms with E-state index >= 15 is 0 Å². The summed E-state index contributed by atoms with van der Waals surface area (Å²) >= 11 is 3.09. The molecule has 66 valence electrons. The monoisotopic (exact) mass is 239 g/mol. The molecular weight excluding hydrogens is 233 g/mol. The Morgan fingerprint density at radius 2 is 2.31 bits per heavy atom. The fourth-order valence-electron chi connectivity index (χ4n) is 1.45. The standard InChI is InChI=1S/C10H7BrFN/c11-9-2-1-6(4-10(9)12)8-3-7(8)5-13/h1-2,4,7-8H,3H2/t7-,8-/m1/s1. The zero-order chi connectivity index (χ0) is 9.42. The van der Waals surface area contributed by atoms with Crippen molar-refractivity contribution in [1.82, 2.24) is 0 Å². The highest BCUT2D eigenvalue weighted by molar-refractivity contribution is 9.10. The van der Waals surface area contributed by atoms with Gasteiger partial charge in [0.1, 0.15) is 5.82 Å². The fraction of sp³-hybridized carbons (Fsp3) is 0.300. The lowest BCUT2D eigenvalue weighted by molar-refractivity contribution is 0.618. The molecule has 2 atom stereocenters. The second kappa shape index (κ2) is 3.12. The fourth-order valence-corrected chi connectivity index (χ4v) is 1.70. The second-order valence-electron chi connectivity index (χ2n) is 3.25. The van der Waals surface area contributed by atoms with Gasteiger partial charge in [-0.15, -0.1) is 0 Å². The summed E-state index contributed by atoms with van der Waals surface area (Å²) in [7, 11) is 0. The van der Waals surface area contributed by atoms with Gasteiger partial charge in [-0.05, 0) is 40.0 Å². The van der Waals surface area contributed by atoms with Crippen molar-refractivity contribution in [2.45, 2.75) is 12.3 Å². The zero-order valence-corrected chi connectivity index (χ0v) is 8.38. The van der Waals surface area contributed by atoms with Crippen LogP contribution in [0.15, 0.2) is 22.7 Å². The quantitative estimate of drug-likeness (QED) is 0.739. The maximum atomic E-state index is 13.1. The topological polar surface area (TPSA) is 23.8 Å². The predicted molar refractivity (Wildman–Crippen MR) is 50.6 cm³/mol. The van der Waals surface area contributed by atoms with E-state index in [1.807, 2.05) is 6.07 Å². The maximum absolute atomic E-state index is 13.1. The van der Waals surface area contributed by atoms with Crippen LogP contribution in [0.5, 0.6) is 0 Å². The van der Waals surface area contributed by atoms with Crippen molar-refractivity contribution in [3.63, 3.8) is 0 Å². The highest BCUT2D eigenvalue weighted by atomic mass is 79.9. The van der Waals surface area contributed by atoms with Crippen LogP contribution in [0.1, 0.15) is 17.9 Å². The van der Waals surface area contributed by atoms with E-state index in [-0.39, 0.29) is 17.7 Å². The van der Waals surface area contributed by atoms with Crippen LogP contribution in [0.4, 0.5) is 4.39 Å². The molecule has 2 rings (SSSR count). The van der Waals surface area contributed by atoms with E-state index in [2.05, 4.69) is 22.0 Å². The first kappa shape index (κ1) is 8.71. The molecule has 1 nitrogen and oxygen atoms in total. The van der Waals surface area contributed by atoms with Crippen LogP contribution < -0.4 is 0 Å². The van der Waals surface area contributed by atoms with E-state index in [9.17, 15) is 4.39 Å². The van der Waals surface area contributed by atoms with Crippen molar-refractivity contribution < 1.29 is 4.39 Å². The van der Waals surface area contributed by atoms with Gasteiger partial charge in [-0.2, -0.15) is 5.26 Å². The Kier molecular flexibility index (Phi) is 2.09. The van der Waals surface area contributed by atoms with Crippen LogP contribution in [0.3, 0.4) is 0 Å². The summed E-state index contributed by atoms with van der Waals surface area (Å²) in [5, 5.41) is 8.61. The number of benzene rings is 1. The molecule has 0 spiro atoms. The summed E-state index contributed by atoms with van der Waals surface area (Å²) in [5.41, 5.74) is 0.937. The summed E-state index contributed by atoms with van der Waals surface area (Å²) < 4.78 is 13.5. The van der Waals surface area contributed by atoms with Crippen molar-refractivity contribution in [3.05, 3.63) is 34.1 Å². The molecule has 1 aliphatic rings. The van der Waals surface area contributed by atoms with Crippen LogP contribution in [-0.2, 0) is 0 Å². The Morgan fingerprint density at radius 3 is 2.85 bits per heavy atom. The lowest BCUT2D eigenvalue weighted by atomic mass is 10.1.